The number of nitrogens with zero attached hydrogens (tertiary/aromatic N) is 1. The van der Waals surface area contributed by atoms with Gasteiger partial charge in [0.05, 0.1) is 0 Å². The smallest absolute Gasteiger partial charge is 0.253 e. The molecular weight excluding hydrogens is 266 g/mol. The Labute approximate surface area is 125 Å². The lowest BCUT2D eigenvalue weighted by Crippen LogP contribution is -2.38. The molecule has 0 aliphatic heterocycles. The number of nitrogens with one attached hydrogen (secondary N) is 2. The molecule has 2 rings (SSSR count). The van der Waals surface area contributed by atoms with Crippen LogP contribution in [0.4, 0.5) is 11.4 Å². The van der Waals surface area contributed by atoms with Gasteiger partial charge < -0.3 is 15.5 Å². The molecule has 0 heterocycles. The van der Waals surface area contributed by atoms with Crippen molar-refractivity contribution in [2.24, 2.45) is 0 Å². The minimum Gasteiger partial charge on any atom is -0.380 e. The van der Waals surface area contributed by atoms with Crippen LogP contribution in [-0.4, -0.2) is 38.6 Å². The van der Waals surface area contributed by atoms with Crippen LogP contribution in [0.15, 0.2) is 21.2 Å². The zero-order valence-corrected chi connectivity index (χ0v) is 13.0. The summed E-state index contributed by atoms with van der Waals surface area (Å²) < 4.78 is 0. The van der Waals surface area contributed by atoms with Gasteiger partial charge in [-0.15, -0.1) is 0 Å². The number of hydrogen-bond donors (Lipinski definition) is 2. The molecule has 21 heavy (non-hydrogen) atoms. The standard InChI is InChI=1S/C16H25N3O2/c1-19(2)11-10-18-14-13(15(20)16(14)21)17-9-8-12-6-4-3-5-7-12/h6,17-18H,3-5,7-11H2,1-2H3. The van der Waals surface area contributed by atoms with Crippen LogP contribution >= 0.6 is 0 Å². The summed E-state index contributed by atoms with van der Waals surface area (Å²) in [6, 6.07) is 0. The largest absolute Gasteiger partial charge is 0.380 e. The summed E-state index contributed by atoms with van der Waals surface area (Å²) in [7, 11) is 3.95. The molecule has 0 spiro atoms. The van der Waals surface area contributed by atoms with E-state index in [1.165, 1.54) is 31.3 Å². The Kier molecular flexibility index (Phi) is 5.56. The van der Waals surface area contributed by atoms with Crippen LogP contribution in [-0.2, 0) is 0 Å². The molecule has 0 bridgehead atoms. The number of likely N-dealkylation sites (N-methyl/N-ethyl adjacent to an activating group) is 1. The maximum Gasteiger partial charge on any atom is 0.253 e. The second kappa shape index (κ2) is 7.41. The average Bonchev–Trinajstić information content (AvgIpc) is 2.49. The summed E-state index contributed by atoms with van der Waals surface area (Å²) >= 11 is 0. The molecule has 5 heteroatoms. The Morgan fingerprint density at radius 3 is 2.29 bits per heavy atom. The van der Waals surface area contributed by atoms with Gasteiger partial charge in [0.15, 0.2) is 0 Å². The van der Waals surface area contributed by atoms with Crippen molar-refractivity contribution in [3.63, 3.8) is 0 Å². The molecule has 1 aliphatic rings. The highest BCUT2D eigenvalue weighted by Gasteiger charge is 2.20. The summed E-state index contributed by atoms with van der Waals surface area (Å²) in [6.45, 7) is 2.21. The zero-order valence-electron chi connectivity index (χ0n) is 13.0. The van der Waals surface area contributed by atoms with Crippen LogP contribution in [0.1, 0.15) is 32.1 Å². The maximum atomic E-state index is 11.6. The zero-order chi connectivity index (χ0) is 15.2. The maximum absolute atomic E-state index is 11.6. The van der Waals surface area contributed by atoms with Gasteiger partial charge in [0.2, 0.25) is 0 Å². The van der Waals surface area contributed by atoms with Crippen LogP contribution in [0.2, 0.25) is 0 Å². The SMILES string of the molecule is CN(C)CCNc1c(NCCC2=CCCCC2)c(=O)c1=O. The first-order valence-electron chi connectivity index (χ1n) is 7.73. The molecule has 1 aliphatic carbocycles. The molecule has 0 aromatic heterocycles. The predicted molar refractivity (Wildman–Crippen MR) is 88.1 cm³/mol. The first-order valence-corrected chi connectivity index (χ1v) is 7.73. The van der Waals surface area contributed by atoms with Crippen molar-refractivity contribution < 1.29 is 0 Å². The fourth-order valence-electron chi connectivity index (χ4n) is 2.61. The van der Waals surface area contributed by atoms with E-state index in [1.54, 1.807) is 0 Å². The van der Waals surface area contributed by atoms with Gasteiger partial charge in [0, 0.05) is 19.6 Å². The first kappa shape index (κ1) is 15.8. The molecule has 1 aromatic rings. The second-order valence-electron chi connectivity index (χ2n) is 5.92. The Bertz CT molecular complexity index is 568. The Morgan fingerprint density at radius 2 is 1.71 bits per heavy atom. The van der Waals surface area contributed by atoms with Gasteiger partial charge in [-0.25, -0.2) is 0 Å². The molecule has 0 atom stereocenters. The highest BCUT2D eigenvalue weighted by molar-refractivity contribution is 5.73. The van der Waals surface area contributed by atoms with Gasteiger partial charge in [0.25, 0.3) is 10.9 Å². The Balaban J connectivity index is 1.82. The van der Waals surface area contributed by atoms with E-state index < -0.39 is 5.43 Å². The lowest BCUT2D eigenvalue weighted by Gasteiger charge is -2.17. The molecule has 0 unspecified atom stereocenters. The van der Waals surface area contributed by atoms with Crippen molar-refractivity contribution in [2.45, 2.75) is 32.1 Å². The van der Waals surface area contributed by atoms with E-state index in [1.807, 2.05) is 19.0 Å². The minimum atomic E-state index is -0.395. The van der Waals surface area contributed by atoms with Crippen LogP contribution in [0.3, 0.4) is 0 Å². The van der Waals surface area contributed by atoms with E-state index in [-0.39, 0.29) is 5.43 Å². The molecule has 0 amide bonds. The Hall–Kier alpha value is -1.62. The second-order valence-corrected chi connectivity index (χ2v) is 5.92. The predicted octanol–water partition coefficient (Wildman–Crippen LogP) is 1.56. The summed E-state index contributed by atoms with van der Waals surface area (Å²) in [4.78, 5) is 25.2. The third-order valence-corrected chi connectivity index (χ3v) is 3.90. The molecule has 0 saturated carbocycles. The topological polar surface area (TPSA) is 61.4 Å². The van der Waals surface area contributed by atoms with Gasteiger partial charge in [0.1, 0.15) is 11.4 Å². The minimum absolute atomic E-state index is 0.389. The molecule has 0 saturated heterocycles. The van der Waals surface area contributed by atoms with E-state index in [2.05, 4.69) is 16.7 Å². The first-order chi connectivity index (χ1) is 10.1. The lowest BCUT2D eigenvalue weighted by molar-refractivity contribution is 0.425. The van der Waals surface area contributed by atoms with Crippen molar-refractivity contribution in [3.8, 4) is 0 Å². The van der Waals surface area contributed by atoms with E-state index >= 15 is 0 Å². The summed E-state index contributed by atoms with van der Waals surface area (Å²) in [5, 5.41) is 6.19. The fourth-order valence-corrected chi connectivity index (χ4v) is 2.61. The van der Waals surface area contributed by atoms with E-state index in [4.69, 9.17) is 0 Å². The molecule has 116 valence electrons. The highest BCUT2D eigenvalue weighted by atomic mass is 16.2. The molecule has 5 nitrogen and oxygen atoms in total. The van der Waals surface area contributed by atoms with Crippen molar-refractivity contribution in [1.82, 2.24) is 4.90 Å². The van der Waals surface area contributed by atoms with Crippen LogP contribution < -0.4 is 21.5 Å². The molecule has 2 N–H and O–H groups in total. The number of rotatable bonds is 8. The average molecular weight is 291 g/mol. The van der Waals surface area contributed by atoms with Crippen LogP contribution in [0.25, 0.3) is 0 Å². The summed E-state index contributed by atoms with van der Waals surface area (Å²) in [5.74, 6) is 0. The quantitative estimate of drug-likeness (QED) is 0.562. The van der Waals surface area contributed by atoms with Crippen molar-refractivity contribution in [1.29, 1.82) is 0 Å². The van der Waals surface area contributed by atoms with Gasteiger partial charge >= 0.3 is 0 Å². The van der Waals surface area contributed by atoms with E-state index in [0.717, 1.165) is 19.5 Å². The van der Waals surface area contributed by atoms with Gasteiger partial charge in [-0.05, 0) is 46.2 Å². The van der Waals surface area contributed by atoms with Crippen molar-refractivity contribution in [3.05, 3.63) is 32.1 Å². The van der Waals surface area contributed by atoms with Crippen LogP contribution in [0, 0.1) is 0 Å². The number of allylic oxidation sites excluding steroid dienone is 1. The molecule has 0 fully saturated rings. The number of hydrogen-bond acceptors (Lipinski definition) is 5. The van der Waals surface area contributed by atoms with Crippen molar-refractivity contribution >= 4 is 11.4 Å². The monoisotopic (exact) mass is 291 g/mol. The third kappa shape index (κ3) is 4.17. The highest BCUT2D eigenvalue weighted by Crippen LogP contribution is 2.20. The normalized spacial score (nSPS) is 15.3. The lowest BCUT2D eigenvalue weighted by atomic mass is 9.97. The van der Waals surface area contributed by atoms with Gasteiger partial charge in [-0.3, -0.25) is 9.59 Å². The third-order valence-electron chi connectivity index (χ3n) is 3.90. The summed E-state index contributed by atoms with van der Waals surface area (Å²) in [5.41, 5.74) is 1.61. The molecule has 0 radical (unpaired) electrons. The van der Waals surface area contributed by atoms with Gasteiger partial charge in [-0.1, -0.05) is 11.6 Å². The van der Waals surface area contributed by atoms with E-state index in [9.17, 15) is 9.59 Å². The van der Waals surface area contributed by atoms with Crippen molar-refractivity contribution in [2.75, 3.05) is 44.4 Å². The summed E-state index contributed by atoms with van der Waals surface area (Å²) in [6.07, 6.45) is 8.16. The van der Waals surface area contributed by atoms with Gasteiger partial charge in [-0.2, -0.15) is 0 Å². The molecular formula is C16H25N3O2. The van der Waals surface area contributed by atoms with Crippen LogP contribution in [0.5, 0.6) is 0 Å². The van der Waals surface area contributed by atoms with E-state index in [0.29, 0.717) is 17.9 Å². The number of anilines is 2. The Morgan fingerprint density at radius 1 is 1.05 bits per heavy atom. The molecule has 1 aromatic carbocycles. The fraction of sp³-hybridized carbons (Fsp3) is 0.625.